The average Bonchev–Trinajstić information content (AvgIpc) is 3.42. The number of ether oxygens (including phenoxy) is 2. The number of hydrogen-bond acceptors (Lipinski definition) is 5. The molecule has 0 atom stereocenters. The molecule has 0 spiro atoms. The number of nitrogens with one attached hydrogen (secondary N) is 1. The van der Waals surface area contributed by atoms with E-state index in [4.69, 9.17) is 9.47 Å². The van der Waals surface area contributed by atoms with E-state index in [0.29, 0.717) is 27.6 Å². The number of anilines is 1. The Morgan fingerprint density at radius 2 is 1.87 bits per heavy atom. The van der Waals surface area contributed by atoms with Gasteiger partial charge in [0.15, 0.2) is 0 Å². The van der Waals surface area contributed by atoms with Gasteiger partial charge in [-0.25, -0.2) is 0 Å². The van der Waals surface area contributed by atoms with Gasteiger partial charge in [0.05, 0.1) is 24.8 Å². The van der Waals surface area contributed by atoms with E-state index in [0.717, 1.165) is 10.9 Å². The average molecular weight is 420 g/mol. The van der Waals surface area contributed by atoms with Crippen LogP contribution in [0.25, 0.3) is 10.9 Å². The number of carbonyl (C=O) groups excluding carboxylic acids is 2. The van der Waals surface area contributed by atoms with Gasteiger partial charge < -0.3 is 19.4 Å². The molecule has 0 saturated carbocycles. The zero-order valence-corrected chi connectivity index (χ0v) is 17.4. The normalized spacial score (nSPS) is 10.7. The van der Waals surface area contributed by atoms with Crippen LogP contribution in [0.1, 0.15) is 15.2 Å². The fourth-order valence-corrected chi connectivity index (χ4v) is 4.03. The minimum atomic E-state index is -0.238. The van der Waals surface area contributed by atoms with E-state index in [1.165, 1.54) is 11.3 Å². The number of thiophene rings is 1. The van der Waals surface area contributed by atoms with Gasteiger partial charge in [-0.2, -0.15) is 0 Å². The maximum atomic E-state index is 12.9. The largest absolute Gasteiger partial charge is 0.497 e. The van der Waals surface area contributed by atoms with Gasteiger partial charge in [-0.1, -0.05) is 24.3 Å². The van der Waals surface area contributed by atoms with Crippen LogP contribution in [0.2, 0.25) is 0 Å². The van der Waals surface area contributed by atoms with Gasteiger partial charge >= 0.3 is 0 Å². The molecule has 0 aliphatic carbocycles. The number of hydrogen-bond donors (Lipinski definition) is 1. The molecule has 1 N–H and O–H groups in total. The topological polar surface area (TPSA) is 69.6 Å². The zero-order valence-electron chi connectivity index (χ0n) is 16.5. The Morgan fingerprint density at radius 1 is 1.03 bits per heavy atom. The van der Waals surface area contributed by atoms with Gasteiger partial charge in [0, 0.05) is 28.7 Å². The second-order valence-electron chi connectivity index (χ2n) is 6.61. The molecule has 0 bridgehead atoms. The predicted molar refractivity (Wildman–Crippen MR) is 118 cm³/mol. The number of carbonyl (C=O) groups is 2. The Labute approximate surface area is 177 Å². The summed E-state index contributed by atoms with van der Waals surface area (Å²) < 4.78 is 12.3. The van der Waals surface area contributed by atoms with Crippen molar-refractivity contribution in [2.75, 3.05) is 19.5 Å². The van der Waals surface area contributed by atoms with Crippen molar-refractivity contribution in [2.45, 2.75) is 6.54 Å². The second kappa shape index (κ2) is 8.42. The fraction of sp³-hybridized carbons (Fsp3) is 0.130. The summed E-state index contributed by atoms with van der Waals surface area (Å²) in [6, 6.07) is 16.4. The summed E-state index contributed by atoms with van der Waals surface area (Å²) in [5.41, 5.74) is 1.93. The number of nitrogens with zero attached hydrogens (tertiary/aromatic N) is 1. The number of ketones is 1. The highest BCUT2D eigenvalue weighted by atomic mass is 32.1. The van der Waals surface area contributed by atoms with Crippen molar-refractivity contribution in [3.05, 3.63) is 76.6 Å². The molecule has 2 aromatic heterocycles. The highest BCUT2D eigenvalue weighted by Gasteiger charge is 2.19. The van der Waals surface area contributed by atoms with Crippen LogP contribution in [0.5, 0.6) is 11.5 Å². The maximum absolute atomic E-state index is 12.9. The van der Waals surface area contributed by atoms with E-state index in [2.05, 4.69) is 5.32 Å². The van der Waals surface area contributed by atoms with Crippen LogP contribution < -0.4 is 14.8 Å². The van der Waals surface area contributed by atoms with Gasteiger partial charge in [0.1, 0.15) is 18.0 Å². The number of amides is 1. The molecule has 6 nitrogen and oxygen atoms in total. The van der Waals surface area contributed by atoms with E-state index >= 15 is 0 Å². The summed E-state index contributed by atoms with van der Waals surface area (Å²) in [7, 11) is 3.10. The first-order valence-corrected chi connectivity index (χ1v) is 10.2. The van der Waals surface area contributed by atoms with Crippen molar-refractivity contribution in [1.82, 2.24) is 4.57 Å². The fourth-order valence-electron chi connectivity index (χ4n) is 3.36. The van der Waals surface area contributed by atoms with Gasteiger partial charge in [-0.15, -0.1) is 11.3 Å². The lowest BCUT2D eigenvalue weighted by atomic mass is 10.1. The lowest BCUT2D eigenvalue weighted by molar-refractivity contribution is -0.116. The number of rotatable bonds is 7. The second-order valence-corrected chi connectivity index (χ2v) is 7.56. The van der Waals surface area contributed by atoms with Gasteiger partial charge in [0.2, 0.25) is 11.7 Å². The highest BCUT2D eigenvalue weighted by molar-refractivity contribution is 7.12. The van der Waals surface area contributed by atoms with Gasteiger partial charge in [-0.05, 0) is 29.6 Å². The van der Waals surface area contributed by atoms with Crippen LogP contribution in [0, 0.1) is 0 Å². The quantitative estimate of drug-likeness (QED) is 0.444. The summed E-state index contributed by atoms with van der Waals surface area (Å²) in [5.74, 6) is 0.865. The SMILES string of the molecule is COc1ccc(OC)c(NC(=O)Cn2cc(C(=O)c3cccs3)c3ccccc32)c1. The summed E-state index contributed by atoms with van der Waals surface area (Å²) >= 11 is 1.40. The summed E-state index contributed by atoms with van der Waals surface area (Å²) in [6.45, 7) is 0.0542. The molecular formula is C23H20N2O4S. The third kappa shape index (κ3) is 3.79. The molecule has 0 fully saturated rings. The number of fused-ring (bicyclic) bond motifs is 1. The van der Waals surface area contributed by atoms with Crippen molar-refractivity contribution in [3.8, 4) is 11.5 Å². The van der Waals surface area contributed by atoms with Crippen LogP contribution >= 0.6 is 11.3 Å². The molecule has 7 heteroatoms. The first kappa shape index (κ1) is 19.7. The van der Waals surface area contributed by atoms with Crippen LogP contribution in [-0.4, -0.2) is 30.5 Å². The van der Waals surface area contributed by atoms with Gasteiger partial charge in [-0.3, -0.25) is 9.59 Å². The molecule has 0 aliphatic rings. The zero-order chi connectivity index (χ0) is 21.1. The third-order valence-electron chi connectivity index (χ3n) is 4.77. The predicted octanol–water partition coefficient (Wildman–Crippen LogP) is 4.59. The van der Waals surface area contributed by atoms with Crippen LogP contribution in [0.3, 0.4) is 0 Å². The van der Waals surface area contributed by atoms with Crippen molar-refractivity contribution >= 4 is 39.6 Å². The standard InChI is InChI=1S/C23H20N2O4S/c1-28-15-9-10-20(29-2)18(12-15)24-22(26)14-25-13-17(16-6-3-4-7-19(16)25)23(27)21-8-5-11-30-21/h3-13H,14H2,1-2H3,(H,24,26). The van der Waals surface area contributed by atoms with Crippen molar-refractivity contribution in [2.24, 2.45) is 0 Å². The molecule has 4 aromatic rings. The molecule has 0 saturated heterocycles. The van der Waals surface area contributed by atoms with E-state index in [-0.39, 0.29) is 18.2 Å². The van der Waals surface area contributed by atoms with E-state index < -0.39 is 0 Å². The maximum Gasteiger partial charge on any atom is 0.244 e. The summed E-state index contributed by atoms with van der Waals surface area (Å²) in [6.07, 6.45) is 1.75. The lowest BCUT2D eigenvalue weighted by Gasteiger charge is -2.12. The Hall–Kier alpha value is -3.58. The number of methoxy groups -OCH3 is 2. The number of para-hydroxylation sites is 1. The molecule has 30 heavy (non-hydrogen) atoms. The number of benzene rings is 2. The van der Waals surface area contributed by atoms with E-state index in [1.807, 2.05) is 35.7 Å². The minimum absolute atomic E-state index is 0.0465. The Balaban J connectivity index is 1.63. The first-order chi connectivity index (χ1) is 14.6. The van der Waals surface area contributed by atoms with Crippen molar-refractivity contribution in [1.29, 1.82) is 0 Å². The Morgan fingerprint density at radius 3 is 2.60 bits per heavy atom. The molecule has 2 aromatic carbocycles. The molecule has 1 amide bonds. The van der Waals surface area contributed by atoms with E-state index in [9.17, 15) is 9.59 Å². The third-order valence-corrected chi connectivity index (χ3v) is 5.64. The van der Waals surface area contributed by atoms with Gasteiger partial charge in [0.25, 0.3) is 0 Å². The molecule has 0 unspecified atom stereocenters. The monoisotopic (exact) mass is 420 g/mol. The molecule has 0 aliphatic heterocycles. The summed E-state index contributed by atoms with van der Waals surface area (Å²) in [5, 5.41) is 5.57. The van der Waals surface area contributed by atoms with Crippen LogP contribution in [-0.2, 0) is 11.3 Å². The lowest BCUT2D eigenvalue weighted by Crippen LogP contribution is -2.18. The molecular weight excluding hydrogens is 400 g/mol. The first-order valence-electron chi connectivity index (χ1n) is 9.28. The summed E-state index contributed by atoms with van der Waals surface area (Å²) in [4.78, 5) is 26.4. The van der Waals surface area contributed by atoms with Crippen molar-refractivity contribution in [3.63, 3.8) is 0 Å². The molecule has 152 valence electrons. The number of aromatic nitrogens is 1. The molecule has 4 rings (SSSR count). The highest BCUT2D eigenvalue weighted by Crippen LogP contribution is 2.29. The Kier molecular flexibility index (Phi) is 5.54. The molecule has 0 radical (unpaired) electrons. The molecule has 2 heterocycles. The smallest absolute Gasteiger partial charge is 0.244 e. The van der Waals surface area contributed by atoms with Crippen LogP contribution in [0.15, 0.2) is 66.2 Å². The van der Waals surface area contributed by atoms with E-state index in [1.54, 1.807) is 49.2 Å². The Bertz CT molecular complexity index is 1210. The minimum Gasteiger partial charge on any atom is -0.497 e. The van der Waals surface area contributed by atoms with Crippen molar-refractivity contribution < 1.29 is 19.1 Å². The van der Waals surface area contributed by atoms with Crippen LogP contribution in [0.4, 0.5) is 5.69 Å².